The molecule has 6 rings (SSSR count). The number of hydrogen-bond acceptors (Lipinski definition) is 2. The lowest BCUT2D eigenvalue weighted by molar-refractivity contribution is 0.201. The number of aliphatic hydroxyl groups excluding tert-OH is 1. The summed E-state index contributed by atoms with van der Waals surface area (Å²) < 4.78 is 5.67. The number of ether oxygens (including phenoxy) is 1. The van der Waals surface area contributed by atoms with Crippen molar-refractivity contribution in [2.45, 2.75) is 30.6 Å². The van der Waals surface area contributed by atoms with Crippen LogP contribution < -0.4 is 4.74 Å². The summed E-state index contributed by atoms with van der Waals surface area (Å²) in [4.78, 5) is 0. The average Bonchev–Trinajstić information content (AvgIpc) is 2.96. The van der Waals surface area contributed by atoms with E-state index in [0.29, 0.717) is 18.4 Å². The Bertz CT molecular complexity index is 1300. The zero-order valence-corrected chi connectivity index (χ0v) is 20.5. The van der Waals surface area contributed by atoms with Gasteiger partial charge >= 0.3 is 0 Å². The molecule has 0 aliphatic heterocycles. The molecule has 2 nitrogen and oxygen atoms in total. The van der Waals surface area contributed by atoms with Crippen LogP contribution in [0.15, 0.2) is 115 Å². The van der Waals surface area contributed by atoms with Crippen LogP contribution in [0, 0.1) is 5.92 Å². The standard InChI is InChI=1S/C34H32O2/c35-22-23-36-30-20-18-25(19-21-30)31-16-9-11-27-24-26-10-7-8-17-32(26)34(33(27)31,28-12-3-1-4-13-28)29-14-5-2-6-15-29/h1-8,10,12-15,17-21,24,31,33,35H,9,11,16,22-23H2. The minimum atomic E-state index is -0.277. The lowest BCUT2D eigenvalue weighted by Crippen LogP contribution is -2.45. The largest absolute Gasteiger partial charge is 0.491 e. The summed E-state index contributed by atoms with van der Waals surface area (Å²) in [6.07, 6.45) is 5.96. The Morgan fingerprint density at radius 1 is 0.750 bits per heavy atom. The van der Waals surface area contributed by atoms with Crippen LogP contribution in [0.4, 0.5) is 0 Å². The first-order chi connectivity index (χ1) is 17.8. The topological polar surface area (TPSA) is 29.5 Å². The fraction of sp³-hybridized carbons (Fsp3) is 0.235. The van der Waals surface area contributed by atoms with E-state index in [2.05, 4.69) is 115 Å². The molecule has 2 aliphatic carbocycles. The van der Waals surface area contributed by atoms with Crippen LogP contribution in [0.1, 0.15) is 53.0 Å². The molecule has 0 spiro atoms. The zero-order valence-electron chi connectivity index (χ0n) is 20.5. The summed E-state index contributed by atoms with van der Waals surface area (Å²) in [5, 5.41) is 9.14. The van der Waals surface area contributed by atoms with Crippen LogP contribution in [0.25, 0.3) is 6.08 Å². The van der Waals surface area contributed by atoms with Crippen LogP contribution in [0.3, 0.4) is 0 Å². The van der Waals surface area contributed by atoms with Crippen molar-refractivity contribution in [3.05, 3.63) is 143 Å². The first-order valence-corrected chi connectivity index (χ1v) is 13.1. The van der Waals surface area contributed by atoms with Gasteiger partial charge in [0.1, 0.15) is 12.4 Å². The summed E-state index contributed by atoms with van der Waals surface area (Å²) in [5.41, 5.74) is 8.08. The van der Waals surface area contributed by atoms with Crippen molar-refractivity contribution in [1.29, 1.82) is 0 Å². The molecule has 180 valence electrons. The molecule has 0 amide bonds. The Kier molecular flexibility index (Phi) is 6.21. The molecular formula is C34H32O2. The summed E-state index contributed by atoms with van der Waals surface area (Å²) in [7, 11) is 0. The lowest BCUT2D eigenvalue weighted by atomic mass is 9.50. The Labute approximate surface area is 213 Å². The Balaban J connectivity index is 1.59. The predicted octanol–water partition coefficient (Wildman–Crippen LogP) is 7.37. The van der Waals surface area contributed by atoms with Crippen LogP contribution in [0.2, 0.25) is 0 Å². The highest BCUT2D eigenvalue weighted by Gasteiger charge is 2.52. The first kappa shape index (κ1) is 22.8. The molecule has 36 heavy (non-hydrogen) atoms. The smallest absolute Gasteiger partial charge is 0.119 e. The third-order valence-corrected chi connectivity index (χ3v) is 8.10. The van der Waals surface area contributed by atoms with Gasteiger partial charge < -0.3 is 9.84 Å². The van der Waals surface area contributed by atoms with E-state index in [1.54, 1.807) is 5.57 Å². The van der Waals surface area contributed by atoms with Gasteiger partial charge in [-0.15, -0.1) is 0 Å². The van der Waals surface area contributed by atoms with Gasteiger partial charge in [0.15, 0.2) is 0 Å². The van der Waals surface area contributed by atoms with Crippen molar-refractivity contribution in [2.24, 2.45) is 5.92 Å². The van der Waals surface area contributed by atoms with Crippen molar-refractivity contribution in [2.75, 3.05) is 13.2 Å². The van der Waals surface area contributed by atoms with Gasteiger partial charge in [-0.1, -0.05) is 109 Å². The summed E-state index contributed by atoms with van der Waals surface area (Å²) in [6, 6.07) is 39.9. The van der Waals surface area contributed by atoms with Gasteiger partial charge in [-0.05, 0) is 65.1 Å². The van der Waals surface area contributed by atoms with E-state index in [4.69, 9.17) is 9.84 Å². The second kappa shape index (κ2) is 9.79. The molecule has 2 unspecified atom stereocenters. The SMILES string of the molecule is OCCOc1ccc(C2CCCC3=Cc4ccccc4C(c4ccccc4)(c4ccccc4)C32)cc1. The maximum atomic E-state index is 9.14. The summed E-state index contributed by atoms with van der Waals surface area (Å²) in [6.45, 7) is 0.344. The van der Waals surface area contributed by atoms with E-state index in [1.807, 2.05) is 0 Å². The molecule has 0 saturated heterocycles. The van der Waals surface area contributed by atoms with Gasteiger partial charge in [-0.3, -0.25) is 0 Å². The Morgan fingerprint density at radius 2 is 1.39 bits per heavy atom. The van der Waals surface area contributed by atoms with Gasteiger partial charge in [0, 0.05) is 5.92 Å². The maximum Gasteiger partial charge on any atom is 0.119 e. The number of aliphatic hydroxyl groups is 1. The van der Waals surface area contributed by atoms with Crippen LogP contribution in [-0.2, 0) is 5.41 Å². The second-order valence-corrected chi connectivity index (χ2v) is 9.96. The fourth-order valence-electron chi connectivity index (χ4n) is 6.77. The van der Waals surface area contributed by atoms with Crippen molar-refractivity contribution in [1.82, 2.24) is 0 Å². The maximum absolute atomic E-state index is 9.14. The third kappa shape index (κ3) is 3.77. The van der Waals surface area contributed by atoms with Crippen molar-refractivity contribution >= 4 is 6.08 Å². The molecule has 2 aliphatic rings. The minimum Gasteiger partial charge on any atom is -0.491 e. The molecule has 0 bridgehead atoms. The highest BCUT2D eigenvalue weighted by molar-refractivity contribution is 5.70. The fourth-order valence-corrected chi connectivity index (χ4v) is 6.77. The van der Waals surface area contributed by atoms with Crippen LogP contribution in [-0.4, -0.2) is 18.3 Å². The molecule has 2 heteroatoms. The van der Waals surface area contributed by atoms with Crippen LogP contribution >= 0.6 is 0 Å². The normalized spacial score (nSPS) is 20.1. The van der Waals surface area contributed by atoms with E-state index in [-0.39, 0.29) is 12.0 Å². The monoisotopic (exact) mass is 472 g/mol. The lowest BCUT2D eigenvalue weighted by Gasteiger charge is -2.52. The molecule has 0 radical (unpaired) electrons. The molecule has 4 aromatic carbocycles. The van der Waals surface area contributed by atoms with Gasteiger partial charge in [0.2, 0.25) is 0 Å². The molecule has 1 saturated carbocycles. The summed E-state index contributed by atoms with van der Waals surface area (Å²) >= 11 is 0. The van der Waals surface area contributed by atoms with E-state index in [1.165, 1.54) is 34.2 Å². The molecule has 1 N–H and O–H groups in total. The highest BCUT2D eigenvalue weighted by Crippen LogP contribution is 2.60. The summed E-state index contributed by atoms with van der Waals surface area (Å²) in [5.74, 6) is 1.51. The van der Waals surface area contributed by atoms with Gasteiger partial charge in [0.05, 0.1) is 12.0 Å². The minimum absolute atomic E-state index is 0.0245. The van der Waals surface area contributed by atoms with Gasteiger partial charge in [0.25, 0.3) is 0 Å². The van der Waals surface area contributed by atoms with Crippen molar-refractivity contribution in [3.63, 3.8) is 0 Å². The zero-order chi connectivity index (χ0) is 24.4. The molecule has 1 fully saturated rings. The molecular weight excluding hydrogens is 440 g/mol. The number of benzene rings is 4. The quantitative estimate of drug-likeness (QED) is 0.317. The average molecular weight is 473 g/mol. The molecule has 0 aromatic heterocycles. The molecule has 4 aromatic rings. The van der Waals surface area contributed by atoms with Crippen LogP contribution in [0.5, 0.6) is 5.75 Å². The van der Waals surface area contributed by atoms with Crippen molar-refractivity contribution in [3.8, 4) is 5.75 Å². The van der Waals surface area contributed by atoms with E-state index in [9.17, 15) is 0 Å². The third-order valence-electron chi connectivity index (χ3n) is 8.10. The Hall–Kier alpha value is -3.62. The highest BCUT2D eigenvalue weighted by atomic mass is 16.5. The number of rotatable bonds is 6. The molecule has 2 atom stereocenters. The van der Waals surface area contributed by atoms with E-state index in [0.717, 1.165) is 18.6 Å². The number of fused-ring (bicyclic) bond motifs is 2. The van der Waals surface area contributed by atoms with Crippen molar-refractivity contribution < 1.29 is 9.84 Å². The second-order valence-electron chi connectivity index (χ2n) is 9.96. The van der Waals surface area contributed by atoms with Gasteiger partial charge in [-0.2, -0.15) is 0 Å². The Morgan fingerprint density at radius 3 is 2.06 bits per heavy atom. The number of allylic oxidation sites excluding steroid dienone is 1. The molecule has 0 heterocycles. The predicted molar refractivity (Wildman–Crippen MR) is 146 cm³/mol. The van der Waals surface area contributed by atoms with E-state index >= 15 is 0 Å². The van der Waals surface area contributed by atoms with E-state index < -0.39 is 0 Å². The number of hydrogen-bond donors (Lipinski definition) is 1. The van der Waals surface area contributed by atoms with Gasteiger partial charge in [-0.25, -0.2) is 0 Å². The first-order valence-electron chi connectivity index (χ1n) is 13.1.